The van der Waals surface area contributed by atoms with Crippen LogP contribution in [0.5, 0.6) is 11.5 Å². The van der Waals surface area contributed by atoms with Crippen LogP contribution >= 0.6 is 0 Å². The van der Waals surface area contributed by atoms with Crippen LogP contribution in [0, 0.1) is 5.82 Å². The highest BCUT2D eigenvalue weighted by Gasteiger charge is 2.41. The summed E-state index contributed by atoms with van der Waals surface area (Å²) in [4.78, 5) is 37.9. The summed E-state index contributed by atoms with van der Waals surface area (Å²) < 4.78 is 24.3. The molecule has 8 heteroatoms. The van der Waals surface area contributed by atoms with Gasteiger partial charge in [-0.3, -0.25) is 19.3 Å². The molecule has 28 heavy (non-hydrogen) atoms. The summed E-state index contributed by atoms with van der Waals surface area (Å²) in [6, 6.07) is 6.89. The molecule has 0 saturated heterocycles. The second-order valence-electron chi connectivity index (χ2n) is 6.13. The van der Waals surface area contributed by atoms with E-state index in [0.717, 1.165) is 17.0 Å². The molecule has 1 aliphatic heterocycles. The summed E-state index contributed by atoms with van der Waals surface area (Å²) in [7, 11) is 1.46. The SMILES string of the molecule is CCOc1cc(C(CC(=O)O)N2C(=O)c3ccc(F)cc3C2=O)ccc1OC. The maximum absolute atomic E-state index is 13.5. The van der Waals surface area contributed by atoms with Crippen molar-refractivity contribution in [3.63, 3.8) is 0 Å². The first-order chi connectivity index (χ1) is 13.4. The molecule has 0 bridgehead atoms. The smallest absolute Gasteiger partial charge is 0.305 e. The Morgan fingerprint density at radius 3 is 2.46 bits per heavy atom. The van der Waals surface area contributed by atoms with Gasteiger partial charge in [-0.1, -0.05) is 6.07 Å². The first kappa shape index (κ1) is 19.3. The maximum Gasteiger partial charge on any atom is 0.305 e. The van der Waals surface area contributed by atoms with E-state index in [0.29, 0.717) is 23.7 Å². The normalized spacial score (nSPS) is 14.0. The minimum Gasteiger partial charge on any atom is -0.493 e. The van der Waals surface area contributed by atoms with Crippen LogP contribution < -0.4 is 9.47 Å². The van der Waals surface area contributed by atoms with Gasteiger partial charge in [0.1, 0.15) is 5.82 Å². The van der Waals surface area contributed by atoms with Gasteiger partial charge in [-0.05, 0) is 42.8 Å². The van der Waals surface area contributed by atoms with E-state index in [1.165, 1.54) is 13.2 Å². The highest BCUT2D eigenvalue weighted by Crippen LogP contribution is 2.37. The molecule has 2 aromatic rings. The minimum absolute atomic E-state index is 0.0420. The van der Waals surface area contributed by atoms with E-state index >= 15 is 0 Å². The van der Waals surface area contributed by atoms with E-state index in [4.69, 9.17) is 9.47 Å². The molecule has 0 aromatic heterocycles. The molecule has 1 heterocycles. The van der Waals surface area contributed by atoms with Crippen LogP contribution in [0.2, 0.25) is 0 Å². The van der Waals surface area contributed by atoms with Gasteiger partial charge in [-0.2, -0.15) is 0 Å². The number of hydrogen-bond donors (Lipinski definition) is 1. The van der Waals surface area contributed by atoms with Crippen LogP contribution in [-0.4, -0.2) is 41.5 Å². The number of aliphatic carboxylic acids is 1. The lowest BCUT2D eigenvalue weighted by atomic mass is 10.0. The van der Waals surface area contributed by atoms with Crippen LogP contribution in [0.25, 0.3) is 0 Å². The number of carboxylic acids is 1. The number of hydrogen-bond acceptors (Lipinski definition) is 5. The van der Waals surface area contributed by atoms with E-state index in [1.807, 2.05) is 0 Å². The number of imide groups is 1. The number of nitrogens with zero attached hydrogens (tertiary/aromatic N) is 1. The lowest BCUT2D eigenvalue weighted by molar-refractivity contribution is -0.138. The number of carbonyl (C=O) groups excluding carboxylic acids is 2. The molecule has 146 valence electrons. The summed E-state index contributed by atoms with van der Waals surface area (Å²) in [5.74, 6) is -2.45. The molecule has 1 unspecified atom stereocenters. The molecular weight excluding hydrogens is 369 g/mol. The predicted molar refractivity (Wildman–Crippen MR) is 96.1 cm³/mol. The molecule has 1 N–H and O–H groups in total. The Bertz CT molecular complexity index is 958. The van der Waals surface area contributed by atoms with Crippen molar-refractivity contribution in [1.82, 2.24) is 4.90 Å². The van der Waals surface area contributed by atoms with E-state index in [9.17, 15) is 23.9 Å². The van der Waals surface area contributed by atoms with Crippen molar-refractivity contribution >= 4 is 17.8 Å². The molecule has 0 fully saturated rings. The quantitative estimate of drug-likeness (QED) is 0.734. The summed E-state index contributed by atoms with van der Waals surface area (Å²) in [5.41, 5.74) is 0.348. The first-order valence-electron chi connectivity index (χ1n) is 8.57. The number of ether oxygens (including phenoxy) is 2. The minimum atomic E-state index is -1.19. The number of methoxy groups -OCH3 is 1. The average Bonchev–Trinajstić information content (AvgIpc) is 2.90. The largest absolute Gasteiger partial charge is 0.493 e. The summed E-state index contributed by atoms with van der Waals surface area (Å²) in [6.45, 7) is 2.12. The first-order valence-corrected chi connectivity index (χ1v) is 8.57. The molecular formula is C20H18FNO6. The van der Waals surface area contributed by atoms with Gasteiger partial charge in [0.15, 0.2) is 11.5 Å². The standard InChI is InChI=1S/C20H18FNO6/c1-3-28-17-8-11(4-7-16(17)27-2)15(10-18(23)24)22-19(25)13-6-5-12(21)9-14(13)20(22)26/h4-9,15H,3,10H2,1-2H3,(H,23,24). The maximum atomic E-state index is 13.5. The van der Waals surface area contributed by atoms with Gasteiger partial charge in [0, 0.05) is 0 Å². The zero-order valence-corrected chi connectivity index (χ0v) is 15.3. The molecule has 1 aliphatic rings. The van der Waals surface area contributed by atoms with Gasteiger partial charge < -0.3 is 14.6 Å². The predicted octanol–water partition coefficient (Wildman–Crippen LogP) is 3.05. The fourth-order valence-corrected chi connectivity index (χ4v) is 3.21. The topological polar surface area (TPSA) is 93.1 Å². The summed E-state index contributed by atoms with van der Waals surface area (Å²) >= 11 is 0. The Morgan fingerprint density at radius 2 is 1.82 bits per heavy atom. The van der Waals surface area contributed by atoms with E-state index in [1.54, 1.807) is 25.1 Å². The van der Waals surface area contributed by atoms with Crippen molar-refractivity contribution in [2.24, 2.45) is 0 Å². The molecule has 0 spiro atoms. The molecule has 0 aliphatic carbocycles. The van der Waals surface area contributed by atoms with Crippen molar-refractivity contribution in [2.75, 3.05) is 13.7 Å². The van der Waals surface area contributed by atoms with Gasteiger partial charge in [-0.25, -0.2) is 4.39 Å². The highest BCUT2D eigenvalue weighted by molar-refractivity contribution is 6.21. The second-order valence-corrected chi connectivity index (χ2v) is 6.13. The Labute approximate surface area is 160 Å². The molecule has 2 amide bonds. The average molecular weight is 387 g/mol. The van der Waals surface area contributed by atoms with Gasteiger partial charge in [0.25, 0.3) is 11.8 Å². The van der Waals surface area contributed by atoms with Crippen molar-refractivity contribution in [1.29, 1.82) is 0 Å². The zero-order chi connectivity index (χ0) is 20.4. The van der Waals surface area contributed by atoms with E-state index in [2.05, 4.69) is 0 Å². The third-order valence-corrected chi connectivity index (χ3v) is 4.43. The number of benzene rings is 2. The molecule has 7 nitrogen and oxygen atoms in total. The molecule has 0 saturated carbocycles. The molecule has 2 aromatic carbocycles. The van der Waals surface area contributed by atoms with Gasteiger partial charge >= 0.3 is 5.97 Å². The number of rotatable bonds is 7. The molecule has 3 rings (SSSR count). The van der Waals surface area contributed by atoms with Crippen molar-refractivity contribution in [2.45, 2.75) is 19.4 Å². The number of carbonyl (C=O) groups is 3. The number of carboxylic acid groups (broad SMARTS) is 1. The third kappa shape index (κ3) is 3.40. The van der Waals surface area contributed by atoms with Crippen molar-refractivity contribution < 1.29 is 33.4 Å². The monoisotopic (exact) mass is 387 g/mol. The molecule has 0 radical (unpaired) electrons. The lowest BCUT2D eigenvalue weighted by Gasteiger charge is -2.26. The fourth-order valence-electron chi connectivity index (χ4n) is 3.21. The van der Waals surface area contributed by atoms with Crippen LogP contribution in [0.3, 0.4) is 0 Å². The number of halogens is 1. The van der Waals surface area contributed by atoms with Crippen LogP contribution in [0.15, 0.2) is 36.4 Å². The zero-order valence-electron chi connectivity index (χ0n) is 15.3. The van der Waals surface area contributed by atoms with Gasteiger partial charge in [0.05, 0.1) is 37.3 Å². The van der Waals surface area contributed by atoms with Gasteiger partial charge in [-0.15, -0.1) is 0 Å². The lowest BCUT2D eigenvalue weighted by Crippen LogP contribution is -2.35. The second kappa shape index (κ2) is 7.67. The Hall–Kier alpha value is -3.42. The number of amides is 2. The van der Waals surface area contributed by atoms with Crippen LogP contribution in [0.1, 0.15) is 45.7 Å². The van der Waals surface area contributed by atoms with E-state index in [-0.39, 0.29) is 11.1 Å². The van der Waals surface area contributed by atoms with Crippen molar-refractivity contribution in [3.05, 3.63) is 58.9 Å². The summed E-state index contributed by atoms with van der Waals surface area (Å²) in [5, 5.41) is 9.35. The van der Waals surface area contributed by atoms with Crippen LogP contribution in [0.4, 0.5) is 4.39 Å². The highest BCUT2D eigenvalue weighted by atomic mass is 19.1. The fraction of sp³-hybridized carbons (Fsp3) is 0.250. The van der Waals surface area contributed by atoms with E-state index < -0.39 is 36.1 Å². The third-order valence-electron chi connectivity index (χ3n) is 4.43. The Kier molecular flexibility index (Phi) is 5.30. The number of fused-ring (bicyclic) bond motifs is 1. The Balaban J connectivity index is 2.07. The summed E-state index contributed by atoms with van der Waals surface area (Å²) in [6.07, 6.45) is -0.508. The van der Waals surface area contributed by atoms with Gasteiger partial charge in [0.2, 0.25) is 0 Å². The Morgan fingerprint density at radius 1 is 1.11 bits per heavy atom. The van der Waals surface area contributed by atoms with Crippen LogP contribution in [-0.2, 0) is 4.79 Å². The molecule has 1 atom stereocenters. The van der Waals surface area contributed by atoms with Crippen molar-refractivity contribution in [3.8, 4) is 11.5 Å².